The van der Waals surface area contributed by atoms with Gasteiger partial charge in [-0.05, 0) is 48.5 Å². The molecule has 29 heavy (non-hydrogen) atoms. The maximum Gasteiger partial charge on any atom is 0.363 e. The number of furan rings is 1. The first-order valence-electron chi connectivity index (χ1n) is 8.23. The average Bonchev–Trinajstić information content (AvgIpc) is 3.30. The Bertz CT molecular complexity index is 1200. The van der Waals surface area contributed by atoms with Crippen LogP contribution in [0.5, 0.6) is 0 Å². The third-order valence-electron chi connectivity index (χ3n) is 4.04. The molecule has 2 heterocycles. The number of nitro benzene ring substituents is 1. The topological polar surface area (TPSA) is 94.9 Å². The molecule has 0 amide bonds. The Morgan fingerprint density at radius 3 is 2.45 bits per heavy atom. The number of carbonyl (C=O) groups excluding carboxylic acids is 1. The van der Waals surface area contributed by atoms with E-state index in [2.05, 4.69) is 4.99 Å². The summed E-state index contributed by atoms with van der Waals surface area (Å²) in [6, 6.07) is 14.6. The molecule has 4 rings (SSSR count). The molecule has 0 N–H and O–H groups in total. The molecule has 144 valence electrons. The van der Waals surface area contributed by atoms with E-state index in [1.807, 2.05) is 12.1 Å². The van der Waals surface area contributed by atoms with E-state index in [0.717, 1.165) is 5.56 Å². The van der Waals surface area contributed by atoms with Gasteiger partial charge in [-0.2, -0.15) is 0 Å². The average molecular weight is 429 g/mol. The number of hydrogen-bond acceptors (Lipinski definition) is 6. The van der Waals surface area contributed by atoms with Crippen molar-refractivity contribution in [2.45, 2.75) is 0 Å². The summed E-state index contributed by atoms with van der Waals surface area (Å²) in [4.78, 5) is 26.7. The molecule has 0 saturated heterocycles. The minimum absolute atomic E-state index is 0.00890. The van der Waals surface area contributed by atoms with Crippen LogP contribution in [-0.2, 0) is 9.53 Å². The molecule has 1 aliphatic heterocycles. The van der Waals surface area contributed by atoms with Crippen molar-refractivity contribution in [3.05, 3.63) is 91.8 Å². The van der Waals surface area contributed by atoms with E-state index in [1.165, 1.54) is 24.3 Å². The lowest BCUT2D eigenvalue weighted by molar-refractivity contribution is -0.384. The molecule has 0 radical (unpaired) electrons. The quantitative estimate of drug-likeness (QED) is 0.236. The second-order valence-electron chi connectivity index (χ2n) is 5.97. The summed E-state index contributed by atoms with van der Waals surface area (Å²) in [7, 11) is 0. The molecular weight excluding hydrogens is 419 g/mol. The van der Waals surface area contributed by atoms with Gasteiger partial charge in [0.1, 0.15) is 16.5 Å². The second-order valence-corrected chi connectivity index (χ2v) is 6.81. The van der Waals surface area contributed by atoms with E-state index < -0.39 is 10.9 Å². The lowest BCUT2D eigenvalue weighted by Gasteiger charge is -2.00. The van der Waals surface area contributed by atoms with Crippen LogP contribution in [0.1, 0.15) is 11.3 Å². The van der Waals surface area contributed by atoms with Gasteiger partial charge in [0.05, 0.1) is 4.92 Å². The third-order valence-corrected chi connectivity index (χ3v) is 4.62. The molecular formula is C20H10Cl2N2O5. The van der Waals surface area contributed by atoms with Crippen molar-refractivity contribution in [1.82, 2.24) is 0 Å². The number of halogens is 2. The van der Waals surface area contributed by atoms with Crippen LogP contribution in [0.2, 0.25) is 10.0 Å². The Morgan fingerprint density at radius 2 is 1.72 bits per heavy atom. The lowest BCUT2D eigenvalue weighted by Crippen LogP contribution is -2.06. The van der Waals surface area contributed by atoms with Gasteiger partial charge in [-0.1, -0.05) is 23.2 Å². The van der Waals surface area contributed by atoms with Crippen LogP contribution >= 0.6 is 23.2 Å². The van der Waals surface area contributed by atoms with E-state index in [1.54, 1.807) is 24.3 Å². The molecule has 9 heteroatoms. The minimum atomic E-state index is -0.693. The van der Waals surface area contributed by atoms with Crippen molar-refractivity contribution in [3.8, 4) is 11.3 Å². The molecule has 0 saturated carbocycles. The predicted molar refractivity (Wildman–Crippen MR) is 108 cm³/mol. The summed E-state index contributed by atoms with van der Waals surface area (Å²) < 4.78 is 10.9. The van der Waals surface area contributed by atoms with E-state index in [0.29, 0.717) is 16.5 Å². The van der Waals surface area contributed by atoms with Crippen molar-refractivity contribution in [2.24, 2.45) is 4.99 Å². The van der Waals surface area contributed by atoms with Crippen molar-refractivity contribution in [2.75, 3.05) is 0 Å². The summed E-state index contributed by atoms with van der Waals surface area (Å²) in [5, 5.41) is 11.6. The van der Waals surface area contributed by atoms with Crippen molar-refractivity contribution >= 4 is 46.8 Å². The smallest absolute Gasteiger partial charge is 0.363 e. The third kappa shape index (κ3) is 3.91. The van der Waals surface area contributed by atoms with Gasteiger partial charge in [0, 0.05) is 28.3 Å². The van der Waals surface area contributed by atoms with Gasteiger partial charge in [0.25, 0.3) is 5.69 Å². The summed E-state index contributed by atoms with van der Waals surface area (Å²) in [6.07, 6.45) is 1.43. The Kier molecular flexibility index (Phi) is 4.92. The SMILES string of the molecule is O=C1OC(c2ccc(Cl)c([N+](=O)[O-])c2)=N/C1=C/c1ccc(-c2ccc(Cl)cc2)o1. The van der Waals surface area contributed by atoms with Crippen molar-refractivity contribution < 1.29 is 18.9 Å². The molecule has 7 nitrogen and oxygen atoms in total. The minimum Gasteiger partial charge on any atom is -0.457 e. The molecule has 0 bridgehead atoms. The predicted octanol–water partition coefficient (Wildman–Crippen LogP) is 5.51. The fourth-order valence-corrected chi connectivity index (χ4v) is 2.97. The highest BCUT2D eigenvalue weighted by Crippen LogP contribution is 2.29. The van der Waals surface area contributed by atoms with Gasteiger partial charge in [-0.25, -0.2) is 9.79 Å². The number of cyclic esters (lactones) is 1. The van der Waals surface area contributed by atoms with Crippen LogP contribution < -0.4 is 0 Å². The van der Waals surface area contributed by atoms with Crippen molar-refractivity contribution in [3.63, 3.8) is 0 Å². The van der Waals surface area contributed by atoms with E-state index in [-0.39, 0.29) is 27.9 Å². The lowest BCUT2D eigenvalue weighted by atomic mass is 10.2. The highest BCUT2D eigenvalue weighted by molar-refractivity contribution is 6.32. The Hall–Kier alpha value is -3.42. The van der Waals surface area contributed by atoms with E-state index >= 15 is 0 Å². The molecule has 0 unspecified atom stereocenters. The largest absolute Gasteiger partial charge is 0.457 e. The first-order chi connectivity index (χ1) is 13.9. The molecule has 1 aliphatic rings. The number of aliphatic imine (C=N–C) groups is 1. The van der Waals surface area contributed by atoms with Crippen LogP contribution in [0.15, 0.2) is 69.7 Å². The van der Waals surface area contributed by atoms with Gasteiger partial charge in [0.15, 0.2) is 5.70 Å². The standard InChI is InChI=1S/C20H10Cl2N2O5/c21-13-4-1-11(2-5-13)18-8-6-14(28-18)10-16-20(25)29-19(23-16)12-3-7-15(22)17(9-12)24(26)27/h1-10H/b16-10+. The van der Waals surface area contributed by atoms with Gasteiger partial charge >= 0.3 is 5.97 Å². The molecule has 0 spiro atoms. The highest BCUT2D eigenvalue weighted by Gasteiger charge is 2.26. The van der Waals surface area contributed by atoms with Crippen LogP contribution in [-0.4, -0.2) is 16.8 Å². The number of hydrogen-bond donors (Lipinski definition) is 0. The highest BCUT2D eigenvalue weighted by atomic mass is 35.5. The molecule has 2 aromatic carbocycles. The van der Waals surface area contributed by atoms with Crippen LogP contribution in [0.4, 0.5) is 5.69 Å². The number of benzene rings is 2. The maximum absolute atomic E-state index is 12.1. The monoisotopic (exact) mass is 428 g/mol. The summed E-state index contributed by atoms with van der Waals surface area (Å²) >= 11 is 11.7. The van der Waals surface area contributed by atoms with Crippen LogP contribution in [0, 0.1) is 10.1 Å². The summed E-state index contributed by atoms with van der Waals surface area (Å²) in [5.41, 5.74) is 0.790. The van der Waals surface area contributed by atoms with Gasteiger partial charge < -0.3 is 9.15 Å². The van der Waals surface area contributed by atoms with Gasteiger partial charge in [0.2, 0.25) is 5.90 Å². The molecule has 1 aromatic heterocycles. The zero-order chi connectivity index (χ0) is 20.5. The maximum atomic E-state index is 12.1. The van der Waals surface area contributed by atoms with Crippen LogP contribution in [0.3, 0.4) is 0 Å². The normalized spacial score (nSPS) is 14.8. The molecule has 0 fully saturated rings. The van der Waals surface area contributed by atoms with Gasteiger partial charge in [-0.15, -0.1) is 0 Å². The number of esters is 1. The van der Waals surface area contributed by atoms with E-state index in [9.17, 15) is 14.9 Å². The van der Waals surface area contributed by atoms with Gasteiger partial charge in [-0.3, -0.25) is 10.1 Å². The number of nitro groups is 1. The number of ether oxygens (including phenoxy) is 1. The Balaban J connectivity index is 1.63. The zero-order valence-electron chi connectivity index (χ0n) is 14.5. The Labute approximate surface area is 174 Å². The molecule has 0 atom stereocenters. The first-order valence-corrected chi connectivity index (χ1v) is 8.99. The zero-order valence-corrected chi connectivity index (χ0v) is 16.0. The summed E-state index contributed by atoms with van der Waals surface area (Å²) in [6.45, 7) is 0. The fourth-order valence-electron chi connectivity index (χ4n) is 2.65. The number of rotatable bonds is 4. The number of nitrogens with zero attached hydrogens (tertiary/aromatic N) is 2. The van der Waals surface area contributed by atoms with E-state index in [4.69, 9.17) is 32.4 Å². The second kappa shape index (κ2) is 7.54. The van der Waals surface area contributed by atoms with Crippen molar-refractivity contribution in [1.29, 1.82) is 0 Å². The number of carbonyl (C=O) groups is 1. The Morgan fingerprint density at radius 1 is 1.00 bits per heavy atom. The first kappa shape index (κ1) is 18.9. The fraction of sp³-hybridized carbons (Fsp3) is 0. The summed E-state index contributed by atoms with van der Waals surface area (Å²) in [5.74, 6) is 0.249. The molecule has 0 aliphatic carbocycles. The molecule has 3 aromatic rings. The van der Waals surface area contributed by atoms with Crippen LogP contribution in [0.25, 0.3) is 17.4 Å².